The van der Waals surface area contributed by atoms with Gasteiger partial charge in [0.25, 0.3) is 0 Å². The highest BCUT2D eigenvalue weighted by Crippen LogP contribution is 2.16. The highest BCUT2D eigenvalue weighted by molar-refractivity contribution is 5.86. The Morgan fingerprint density at radius 1 is 1.21 bits per heavy atom. The molecule has 1 aliphatic rings. The van der Waals surface area contributed by atoms with E-state index in [1.807, 2.05) is 0 Å². The molecule has 7 nitrogen and oxygen atoms in total. The Kier molecular flexibility index (Phi) is 6.11. The number of nitrogens with one attached hydrogen (secondary N) is 3. The van der Waals surface area contributed by atoms with Crippen LogP contribution in [0.25, 0.3) is 0 Å². The number of carbonyl (C=O) groups is 3. The Labute approximate surface area is 112 Å². The van der Waals surface area contributed by atoms with E-state index in [4.69, 9.17) is 5.11 Å². The third-order valence-electron chi connectivity index (χ3n) is 3.10. The number of rotatable bonds is 5. The molecule has 0 aliphatic heterocycles. The smallest absolute Gasteiger partial charge is 0.325 e. The van der Waals surface area contributed by atoms with E-state index in [0.29, 0.717) is 0 Å². The first-order valence-electron chi connectivity index (χ1n) is 6.55. The Morgan fingerprint density at radius 3 is 2.42 bits per heavy atom. The average Bonchev–Trinajstić information content (AvgIpc) is 2.37. The van der Waals surface area contributed by atoms with Crippen LogP contribution < -0.4 is 16.0 Å². The van der Waals surface area contributed by atoms with Gasteiger partial charge in [0.15, 0.2) is 0 Å². The van der Waals surface area contributed by atoms with E-state index in [0.717, 1.165) is 25.7 Å². The molecular weight excluding hydrogens is 250 g/mol. The summed E-state index contributed by atoms with van der Waals surface area (Å²) < 4.78 is 0. The molecule has 4 N–H and O–H groups in total. The van der Waals surface area contributed by atoms with Crippen LogP contribution >= 0.6 is 0 Å². The normalized spacial score (nSPS) is 17.3. The molecule has 1 saturated carbocycles. The lowest BCUT2D eigenvalue weighted by atomic mass is 9.95. The van der Waals surface area contributed by atoms with Crippen LogP contribution in [0.3, 0.4) is 0 Å². The fraction of sp³-hybridized carbons (Fsp3) is 0.750. The fourth-order valence-electron chi connectivity index (χ4n) is 2.00. The van der Waals surface area contributed by atoms with Crippen LogP contribution in [0, 0.1) is 0 Å². The Balaban J connectivity index is 2.18. The fourth-order valence-corrected chi connectivity index (χ4v) is 2.00. The van der Waals surface area contributed by atoms with E-state index in [1.165, 1.54) is 13.3 Å². The minimum Gasteiger partial charge on any atom is -0.480 e. The molecule has 1 fully saturated rings. The Hall–Kier alpha value is -1.79. The summed E-state index contributed by atoms with van der Waals surface area (Å²) in [6.45, 7) is 1.21. The highest BCUT2D eigenvalue weighted by atomic mass is 16.4. The van der Waals surface area contributed by atoms with E-state index in [1.54, 1.807) is 0 Å². The third-order valence-corrected chi connectivity index (χ3v) is 3.10. The number of aliphatic carboxylic acids is 1. The second-order valence-electron chi connectivity index (χ2n) is 4.79. The standard InChI is InChI=1S/C12H21N3O4/c1-8(11(17)18)14-12(19)13-7-10(16)15-9-5-3-2-4-6-9/h8-9H,2-7H2,1H3,(H,15,16)(H,17,18)(H2,13,14,19). The SMILES string of the molecule is CC(NC(=O)NCC(=O)NC1CCCCC1)C(=O)O. The molecular formula is C12H21N3O4. The van der Waals surface area contributed by atoms with Crippen molar-refractivity contribution in [2.75, 3.05) is 6.54 Å². The lowest BCUT2D eigenvalue weighted by Gasteiger charge is -2.22. The van der Waals surface area contributed by atoms with Crippen LogP contribution in [0.2, 0.25) is 0 Å². The van der Waals surface area contributed by atoms with E-state index in [9.17, 15) is 14.4 Å². The molecule has 1 atom stereocenters. The molecule has 0 radical (unpaired) electrons. The average molecular weight is 271 g/mol. The van der Waals surface area contributed by atoms with Crippen LogP contribution in [0.15, 0.2) is 0 Å². The second-order valence-corrected chi connectivity index (χ2v) is 4.79. The molecule has 0 bridgehead atoms. The predicted molar refractivity (Wildman–Crippen MR) is 68.6 cm³/mol. The number of urea groups is 1. The number of amides is 3. The zero-order chi connectivity index (χ0) is 14.3. The van der Waals surface area contributed by atoms with Gasteiger partial charge in [0, 0.05) is 6.04 Å². The highest BCUT2D eigenvalue weighted by Gasteiger charge is 2.17. The molecule has 1 unspecified atom stereocenters. The number of carboxylic acids is 1. The summed E-state index contributed by atoms with van der Waals surface area (Å²) in [4.78, 5) is 33.4. The number of hydrogen-bond donors (Lipinski definition) is 4. The summed E-state index contributed by atoms with van der Waals surface area (Å²) in [5.41, 5.74) is 0. The van der Waals surface area contributed by atoms with Gasteiger partial charge in [0.2, 0.25) is 5.91 Å². The van der Waals surface area contributed by atoms with Crippen LogP contribution in [0.1, 0.15) is 39.0 Å². The monoisotopic (exact) mass is 271 g/mol. The molecule has 0 aromatic heterocycles. The van der Waals surface area contributed by atoms with Crippen molar-refractivity contribution >= 4 is 17.9 Å². The molecule has 0 heterocycles. The van der Waals surface area contributed by atoms with Crippen molar-refractivity contribution < 1.29 is 19.5 Å². The second kappa shape index (κ2) is 7.60. The zero-order valence-electron chi connectivity index (χ0n) is 11.1. The van der Waals surface area contributed by atoms with Gasteiger partial charge in [-0.15, -0.1) is 0 Å². The predicted octanol–water partition coefficient (Wildman–Crippen LogP) is 0.208. The van der Waals surface area contributed by atoms with Crippen molar-refractivity contribution in [2.24, 2.45) is 0 Å². The first-order valence-corrected chi connectivity index (χ1v) is 6.55. The maximum Gasteiger partial charge on any atom is 0.325 e. The lowest BCUT2D eigenvalue weighted by Crippen LogP contribution is -2.48. The first-order chi connectivity index (χ1) is 8.99. The van der Waals surface area contributed by atoms with Gasteiger partial charge < -0.3 is 21.1 Å². The van der Waals surface area contributed by atoms with Crippen molar-refractivity contribution in [1.82, 2.24) is 16.0 Å². The van der Waals surface area contributed by atoms with Crippen LogP contribution in [-0.2, 0) is 9.59 Å². The molecule has 0 aromatic rings. The molecule has 0 aromatic carbocycles. The summed E-state index contributed by atoms with van der Waals surface area (Å²) >= 11 is 0. The van der Waals surface area contributed by atoms with Crippen molar-refractivity contribution in [2.45, 2.75) is 51.1 Å². The van der Waals surface area contributed by atoms with Crippen molar-refractivity contribution in [3.05, 3.63) is 0 Å². The molecule has 7 heteroatoms. The number of carbonyl (C=O) groups excluding carboxylic acids is 2. The van der Waals surface area contributed by atoms with E-state index < -0.39 is 18.0 Å². The number of carboxylic acid groups (broad SMARTS) is 1. The van der Waals surface area contributed by atoms with Gasteiger partial charge in [-0.05, 0) is 19.8 Å². The van der Waals surface area contributed by atoms with Gasteiger partial charge in [0.1, 0.15) is 6.04 Å². The van der Waals surface area contributed by atoms with Crippen LogP contribution in [0.4, 0.5) is 4.79 Å². The quantitative estimate of drug-likeness (QED) is 0.573. The molecule has 1 aliphatic carbocycles. The van der Waals surface area contributed by atoms with Crippen molar-refractivity contribution in [3.63, 3.8) is 0 Å². The Bertz CT molecular complexity index is 340. The van der Waals surface area contributed by atoms with Crippen LogP contribution in [0.5, 0.6) is 0 Å². The molecule has 0 saturated heterocycles. The van der Waals surface area contributed by atoms with Gasteiger partial charge in [-0.1, -0.05) is 19.3 Å². The van der Waals surface area contributed by atoms with Gasteiger partial charge in [-0.25, -0.2) is 4.79 Å². The van der Waals surface area contributed by atoms with Gasteiger partial charge in [-0.2, -0.15) is 0 Å². The summed E-state index contributed by atoms with van der Waals surface area (Å²) in [7, 11) is 0. The minimum absolute atomic E-state index is 0.144. The molecule has 3 amide bonds. The van der Waals surface area contributed by atoms with Crippen LogP contribution in [-0.4, -0.2) is 41.6 Å². The number of hydrogen-bond acceptors (Lipinski definition) is 3. The van der Waals surface area contributed by atoms with Gasteiger partial charge >= 0.3 is 12.0 Å². The largest absolute Gasteiger partial charge is 0.480 e. The van der Waals surface area contributed by atoms with E-state index >= 15 is 0 Å². The van der Waals surface area contributed by atoms with Gasteiger partial charge in [0.05, 0.1) is 6.54 Å². The zero-order valence-corrected chi connectivity index (χ0v) is 11.1. The summed E-state index contributed by atoms with van der Waals surface area (Å²) in [6, 6.07) is -1.45. The van der Waals surface area contributed by atoms with Crippen molar-refractivity contribution in [3.8, 4) is 0 Å². The molecule has 108 valence electrons. The summed E-state index contributed by atoms with van der Waals surface area (Å²) in [5.74, 6) is -1.37. The molecule has 19 heavy (non-hydrogen) atoms. The third kappa shape index (κ3) is 6.08. The maximum atomic E-state index is 11.6. The van der Waals surface area contributed by atoms with Gasteiger partial charge in [-0.3, -0.25) is 9.59 Å². The summed E-state index contributed by atoms with van der Waals surface area (Å²) in [5, 5.41) is 16.0. The van der Waals surface area contributed by atoms with Crippen molar-refractivity contribution in [1.29, 1.82) is 0 Å². The van der Waals surface area contributed by atoms with E-state index in [2.05, 4.69) is 16.0 Å². The lowest BCUT2D eigenvalue weighted by molar-refractivity contribution is -0.138. The summed E-state index contributed by atoms with van der Waals surface area (Å²) in [6.07, 6.45) is 5.41. The minimum atomic E-state index is -1.12. The molecule has 0 spiro atoms. The Morgan fingerprint density at radius 2 is 1.84 bits per heavy atom. The topological polar surface area (TPSA) is 108 Å². The molecule has 1 rings (SSSR count). The first kappa shape index (κ1) is 15.3. The maximum absolute atomic E-state index is 11.6. The van der Waals surface area contributed by atoms with E-state index in [-0.39, 0.29) is 18.5 Å².